The molecule has 2 rings (SSSR count). The number of carbonyl (C=O) groups is 2. The molecule has 0 aromatic rings. The smallest absolute Gasteiger partial charge is 0.306 e. The summed E-state index contributed by atoms with van der Waals surface area (Å²) in [6, 6.07) is 0. The van der Waals surface area contributed by atoms with Crippen molar-refractivity contribution in [1.29, 1.82) is 0 Å². The molecule has 0 heterocycles. The normalized spacial score (nSPS) is 29.3. The van der Waals surface area contributed by atoms with Crippen LogP contribution in [0.3, 0.4) is 0 Å². The maximum Gasteiger partial charge on any atom is 0.306 e. The van der Waals surface area contributed by atoms with Crippen molar-refractivity contribution >= 4 is 23.6 Å². The van der Waals surface area contributed by atoms with Crippen LogP contribution in [0.2, 0.25) is 0 Å². The minimum Gasteiger partial charge on any atom is -0.481 e. The lowest BCUT2D eigenvalue weighted by Gasteiger charge is -2.41. The largest absolute Gasteiger partial charge is 0.481 e. The highest BCUT2D eigenvalue weighted by atomic mass is 32.2. The van der Waals surface area contributed by atoms with E-state index in [1.54, 1.807) is 0 Å². The zero-order chi connectivity index (χ0) is 13.9. The zero-order valence-corrected chi connectivity index (χ0v) is 12.3. The van der Waals surface area contributed by atoms with Gasteiger partial charge in [0.05, 0.1) is 5.92 Å². The number of nitrogens with one attached hydrogen (secondary N) is 1. The number of hydrogen-bond acceptors (Lipinski definition) is 3. The second-order valence-electron chi connectivity index (χ2n) is 5.86. The molecule has 19 heavy (non-hydrogen) atoms. The summed E-state index contributed by atoms with van der Waals surface area (Å²) in [6.07, 6.45) is 8.62. The summed E-state index contributed by atoms with van der Waals surface area (Å²) >= 11 is 1.84. The lowest BCUT2D eigenvalue weighted by Crippen LogP contribution is -2.47. The minimum absolute atomic E-state index is 0.0614. The Balaban J connectivity index is 1.81. The molecule has 0 bridgehead atoms. The quantitative estimate of drug-likeness (QED) is 0.813. The Bertz CT molecular complexity index is 349. The number of rotatable bonds is 5. The third-order valence-corrected chi connectivity index (χ3v) is 6.10. The molecule has 0 aromatic carbocycles. The fraction of sp³-hybridized carbons (Fsp3) is 0.857. The summed E-state index contributed by atoms with van der Waals surface area (Å²) in [5, 5.41) is 12.1. The first kappa shape index (κ1) is 14.7. The molecule has 2 saturated carbocycles. The van der Waals surface area contributed by atoms with Crippen molar-refractivity contribution < 1.29 is 14.7 Å². The number of aliphatic carboxylic acids is 1. The van der Waals surface area contributed by atoms with E-state index in [0.29, 0.717) is 12.8 Å². The fourth-order valence-corrected chi connectivity index (χ4v) is 3.98. The molecule has 0 saturated heterocycles. The Hall–Kier alpha value is -0.710. The average Bonchev–Trinajstić information content (AvgIpc) is 2.38. The second-order valence-corrected chi connectivity index (χ2v) is 7.13. The molecule has 2 atom stereocenters. The highest BCUT2D eigenvalue weighted by Crippen LogP contribution is 2.42. The maximum absolute atomic E-state index is 12.2. The molecule has 2 aliphatic carbocycles. The molecule has 4 nitrogen and oxygen atoms in total. The van der Waals surface area contributed by atoms with Crippen LogP contribution >= 0.6 is 11.8 Å². The number of thioether (sulfide) groups is 1. The van der Waals surface area contributed by atoms with Gasteiger partial charge < -0.3 is 10.4 Å². The van der Waals surface area contributed by atoms with Gasteiger partial charge in [-0.15, -0.1) is 0 Å². The molecule has 2 N–H and O–H groups in total. The van der Waals surface area contributed by atoms with Gasteiger partial charge >= 0.3 is 5.97 Å². The number of carboxylic acids is 1. The molecule has 108 valence electrons. The molecule has 5 heteroatoms. The lowest BCUT2D eigenvalue weighted by atomic mass is 9.80. The standard InChI is InChI=1S/C14H23NO3S/c1-19-14(6-3-7-14)9-15-12(16)10-4-2-5-11(8-10)13(17)18/h10-11H,2-9H2,1H3,(H,15,16)(H,17,18). The lowest BCUT2D eigenvalue weighted by molar-refractivity contribution is -0.144. The van der Waals surface area contributed by atoms with Gasteiger partial charge in [0.15, 0.2) is 0 Å². The van der Waals surface area contributed by atoms with Gasteiger partial charge in [-0.25, -0.2) is 0 Å². The summed E-state index contributed by atoms with van der Waals surface area (Å²) in [5.41, 5.74) is 0. The van der Waals surface area contributed by atoms with E-state index in [1.165, 1.54) is 19.3 Å². The van der Waals surface area contributed by atoms with Gasteiger partial charge in [0.25, 0.3) is 0 Å². The molecular weight excluding hydrogens is 262 g/mol. The van der Waals surface area contributed by atoms with E-state index < -0.39 is 5.97 Å². The van der Waals surface area contributed by atoms with E-state index in [2.05, 4.69) is 11.6 Å². The van der Waals surface area contributed by atoms with Crippen molar-refractivity contribution in [2.45, 2.75) is 49.7 Å². The topological polar surface area (TPSA) is 66.4 Å². The predicted molar refractivity (Wildman–Crippen MR) is 76.2 cm³/mol. The zero-order valence-electron chi connectivity index (χ0n) is 11.5. The Morgan fingerprint density at radius 2 is 1.95 bits per heavy atom. The van der Waals surface area contributed by atoms with Crippen LogP contribution in [0.15, 0.2) is 0 Å². The van der Waals surface area contributed by atoms with Gasteiger partial charge in [-0.3, -0.25) is 9.59 Å². The van der Waals surface area contributed by atoms with E-state index in [0.717, 1.165) is 19.4 Å². The first-order valence-electron chi connectivity index (χ1n) is 7.12. The number of hydrogen-bond donors (Lipinski definition) is 2. The Morgan fingerprint density at radius 1 is 1.26 bits per heavy atom. The summed E-state index contributed by atoms with van der Waals surface area (Å²) in [5.74, 6) is -1.13. The van der Waals surface area contributed by atoms with Crippen LogP contribution in [0.4, 0.5) is 0 Å². The van der Waals surface area contributed by atoms with E-state index in [4.69, 9.17) is 5.11 Å². The Kier molecular flexibility index (Phi) is 4.76. The number of carbonyl (C=O) groups excluding carboxylic acids is 1. The maximum atomic E-state index is 12.2. The average molecular weight is 285 g/mol. The first-order chi connectivity index (χ1) is 9.06. The number of carboxylic acid groups (broad SMARTS) is 1. The Labute approximate surface area is 118 Å². The van der Waals surface area contributed by atoms with Crippen molar-refractivity contribution in [2.24, 2.45) is 11.8 Å². The van der Waals surface area contributed by atoms with Crippen LogP contribution in [-0.2, 0) is 9.59 Å². The molecule has 0 aliphatic heterocycles. The fourth-order valence-electron chi connectivity index (χ4n) is 3.07. The third kappa shape index (κ3) is 3.44. The molecule has 2 fully saturated rings. The van der Waals surface area contributed by atoms with Crippen molar-refractivity contribution in [1.82, 2.24) is 5.32 Å². The highest BCUT2D eigenvalue weighted by Gasteiger charge is 2.37. The molecule has 0 spiro atoms. The van der Waals surface area contributed by atoms with E-state index in [1.807, 2.05) is 11.8 Å². The van der Waals surface area contributed by atoms with Gasteiger partial charge in [-0.05, 0) is 38.4 Å². The van der Waals surface area contributed by atoms with Gasteiger partial charge in [-0.1, -0.05) is 12.8 Å². The van der Waals surface area contributed by atoms with Crippen molar-refractivity contribution in [3.8, 4) is 0 Å². The summed E-state index contributed by atoms with van der Waals surface area (Å²) in [6.45, 7) is 0.737. The predicted octanol–water partition coefficient (Wildman–Crippen LogP) is 2.28. The summed E-state index contributed by atoms with van der Waals surface area (Å²) < 4.78 is 0.247. The van der Waals surface area contributed by atoms with Crippen LogP contribution in [0.5, 0.6) is 0 Å². The molecule has 2 aliphatic rings. The minimum atomic E-state index is -0.753. The van der Waals surface area contributed by atoms with Crippen LogP contribution in [-0.4, -0.2) is 34.5 Å². The van der Waals surface area contributed by atoms with Crippen molar-refractivity contribution in [3.63, 3.8) is 0 Å². The van der Waals surface area contributed by atoms with Crippen LogP contribution in [0.25, 0.3) is 0 Å². The first-order valence-corrected chi connectivity index (χ1v) is 8.34. The second kappa shape index (κ2) is 6.16. The van der Waals surface area contributed by atoms with E-state index >= 15 is 0 Å². The highest BCUT2D eigenvalue weighted by molar-refractivity contribution is 8.00. The van der Waals surface area contributed by atoms with Crippen LogP contribution in [0.1, 0.15) is 44.9 Å². The van der Waals surface area contributed by atoms with Crippen LogP contribution < -0.4 is 5.32 Å². The summed E-state index contributed by atoms with van der Waals surface area (Å²) in [4.78, 5) is 23.2. The van der Waals surface area contributed by atoms with Gasteiger partial charge in [-0.2, -0.15) is 11.8 Å². The van der Waals surface area contributed by atoms with E-state index in [-0.39, 0.29) is 22.5 Å². The molecular formula is C14H23NO3S. The third-order valence-electron chi connectivity index (χ3n) is 4.68. The molecule has 0 radical (unpaired) electrons. The van der Waals surface area contributed by atoms with Crippen molar-refractivity contribution in [3.05, 3.63) is 0 Å². The van der Waals surface area contributed by atoms with Gasteiger partial charge in [0.2, 0.25) is 5.91 Å². The molecule has 0 aromatic heterocycles. The summed E-state index contributed by atoms with van der Waals surface area (Å²) in [7, 11) is 0. The SMILES string of the molecule is CSC1(CNC(=O)C2CCCC(C(=O)O)C2)CCC1. The number of amides is 1. The van der Waals surface area contributed by atoms with Gasteiger partial charge in [0, 0.05) is 17.2 Å². The van der Waals surface area contributed by atoms with Crippen molar-refractivity contribution in [2.75, 3.05) is 12.8 Å². The monoisotopic (exact) mass is 285 g/mol. The van der Waals surface area contributed by atoms with E-state index in [9.17, 15) is 9.59 Å². The molecule has 1 amide bonds. The van der Waals surface area contributed by atoms with Gasteiger partial charge in [0.1, 0.15) is 0 Å². The van der Waals surface area contributed by atoms with Crippen LogP contribution in [0, 0.1) is 11.8 Å². The molecule has 2 unspecified atom stereocenters. The Morgan fingerprint density at radius 3 is 2.47 bits per heavy atom.